The molecular weight excluding hydrogens is 328 g/mol. The number of aromatic nitrogens is 5. The first-order chi connectivity index (χ1) is 11.5. The Bertz CT molecular complexity index is 917. The number of rotatable bonds is 4. The van der Waals surface area contributed by atoms with Crippen molar-refractivity contribution in [3.8, 4) is 11.4 Å². The van der Waals surface area contributed by atoms with Crippen molar-refractivity contribution in [1.29, 1.82) is 0 Å². The van der Waals surface area contributed by atoms with Crippen LogP contribution >= 0.6 is 11.6 Å². The van der Waals surface area contributed by atoms with Gasteiger partial charge in [-0.05, 0) is 13.0 Å². The molecule has 0 N–H and O–H groups in total. The van der Waals surface area contributed by atoms with E-state index in [1.807, 2.05) is 36.7 Å². The minimum Gasteiger partial charge on any atom is -0.361 e. The summed E-state index contributed by atoms with van der Waals surface area (Å²) in [6, 6.07) is 3.07. The van der Waals surface area contributed by atoms with Gasteiger partial charge in [-0.1, -0.05) is 11.6 Å². The van der Waals surface area contributed by atoms with Gasteiger partial charge in [0.2, 0.25) is 0 Å². The van der Waals surface area contributed by atoms with Gasteiger partial charge >= 0.3 is 0 Å². The monoisotopic (exact) mass is 344 g/mol. The van der Waals surface area contributed by atoms with Gasteiger partial charge in [0, 0.05) is 37.6 Å². The highest BCUT2D eigenvalue weighted by molar-refractivity contribution is 6.30. The number of nitrogens with zero attached hydrogens (tertiary/aromatic N) is 6. The van der Waals surface area contributed by atoms with Gasteiger partial charge in [-0.15, -0.1) is 0 Å². The molecule has 0 saturated heterocycles. The molecule has 0 saturated carbocycles. The third-order valence-corrected chi connectivity index (χ3v) is 3.92. The molecule has 0 bridgehead atoms. The molecule has 3 rings (SSSR count). The van der Waals surface area contributed by atoms with Crippen molar-refractivity contribution >= 4 is 17.4 Å². The fraction of sp³-hybridized carbons (Fsp3) is 0.250. The molecule has 7 nitrogen and oxygen atoms in total. The molecule has 0 spiro atoms. The number of pyridine rings is 1. The summed E-state index contributed by atoms with van der Waals surface area (Å²) in [5.74, 6) is 0.754. The quantitative estimate of drug-likeness (QED) is 0.726. The van der Waals surface area contributed by atoms with Crippen molar-refractivity contribution in [2.45, 2.75) is 13.1 Å². The van der Waals surface area contributed by atoms with Crippen molar-refractivity contribution in [2.24, 2.45) is 0 Å². The third kappa shape index (κ3) is 3.16. The first-order valence-corrected chi connectivity index (χ1v) is 7.74. The molecule has 0 radical (unpaired) electrons. The summed E-state index contributed by atoms with van der Waals surface area (Å²) in [6.07, 6.45) is 8.30. The van der Waals surface area contributed by atoms with Gasteiger partial charge in [-0.2, -0.15) is 0 Å². The highest BCUT2D eigenvalue weighted by atomic mass is 35.5. The van der Waals surface area contributed by atoms with E-state index in [1.165, 1.54) is 6.07 Å². The first-order valence-electron chi connectivity index (χ1n) is 7.36. The number of halogens is 1. The standard InChI is InChI=1S/C16H17ClN6O/c1-11(23-5-4-12(17)6-16(23)24)22-9-14(19-10-22)13-7-18-8-15(20-13)21(2)3/h4-11H,1-3H3. The van der Waals surface area contributed by atoms with E-state index < -0.39 is 0 Å². The second kappa shape index (κ2) is 6.45. The van der Waals surface area contributed by atoms with Gasteiger partial charge in [0.05, 0.1) is 18.7 Å². The molecule has 3 heterocycles. The molecule has 1 atom stereocenters. The van der Waals surface area contributed by atoms with Crippen LogP contribution in [0.25, 0.3) is 11.4 Å². The normalized spacial score (nSPS) is 12.2. The fourth-order valence-electron chi connectivity index (χ4n) is 2.29. The molecule has 0 aliphatic rings. The maximum atomic E-state index is 12.1. The first kappa shape index (κ1) is 16.2. The Morgan fingerprint density at radius 3 is 2.75 bits per heavy atom. The van der Waals surface area contributed by atoms with Gasteiger partial charge in [0.25, 0.3) is 5.56 Å². The zero-order valence-corrected chi connectivity index (χ0v) is 14.3. The van der Waals surface area contributed by atoms with Gasteiger partial charge in [-0.25, -0.2) is 9.97 Å². The fourth-order valence-corrected chi connectivity index (χ4v) is 2.44. The Kier molecular flexibility index (Phi) is 4.35. The van der Waals surface area contributed by atoms with E-state index in [-0.39, 0.29) is 11.7 Å². The topological polar surface area (TPSA) is 68.8 Å². The molecule has 124 valence electrons. The zero-order valence-electron chi connectivity index (χ0n) is 13.6. The predicted octanol–water partition coefficient (Wildman–Crippen LogP) is 2.29. The SMILES string of the molecule is CC(n1cnc(-c2cncc(N(C)C)n2)c1)n1ccc(Cl)cc1=O. The van der Waals surface area contributed by atoms with Crippen molar-refractivity contribution in [3.63, 3.8) is 0 Å². The molecule has 0 aromatic carbocycles. The zero-order chi connectivity index (χ0) is 17.3. The van der Waals surface area contributed by atoms with E-state index in [4.69, 9.17) is 11.6 Å². The minimum absolute atomic E-state index is 0.167. The summed E-state index contributed by atoms with van der Waals surface area (Å²) in [5, 5.41) is 0.422. The van der Waals surface area contributed by atoms with Crippen molar-refractivity contribution < 1.29 is 0 Å². The Hall–Kier alpha value is -2.67. The number of anilines is 1. The molecule has 3 aromatic rings. The molecular formula is C16H17ClN6O. The number of hydrogen-bond acceptors (Lipinski definition) is 5. The van der Waals surface area contributed by atoms with Crippen LogP contribution in [0.4, 0.5) is 5.82 Å². The van der Waals surface area contributed by atoms with Crippen LogP contribution in [0.2, 0.25) is 5.02 Å². The van der Waals surface area contributed by atoms with E-state index in [0.29, 0.717) is 16.4 Å². The largest absolute Gasteiger partial charge is 0.361 e. The lowest BCUT2D eigenvalue weighted by Gasteiger charge is -2.16. The maximum Gasteiger partial charge on any atom is 0.253 e. The van der Waals surface area contributed by atoms with Gasteiger partial charge in [-0.3, -0.25) is 14.3 Å². The van der Waals surface area contributed by atoms with Crippen molar-refractivity contribution in [3.05, 3.63) is 58.6 Å². The van der Waals surface area contributed by atoms with E-state index in [1.54, 1.807) is 35.6 Å². The number of imidazole rings is 1. The third-order valence-electron chi connectivity index (χ3n) is 3.69. The van der Waals surface area contributed by atoms with Crippen LogP contribution in [0.5, 0.6) is 0 Å². The molecule has 3 aromatic heterocycles. The van der Waals surface area contributed by atoms with Gasteiger partial charge < -0.3 is 9.47 Å². The predicted molar refractivity (Wildman–Crippen MR) is 93.4 cm³/mol. The molecule has 1 unspecified atom stereocenters. The lowest BCUT2D eigenvalue weighted by atomic mass is 10.3. The smallest absolute Gasteiger partial charge is 0.253 e. The minimum atomic E-state index is -0.235. The molecule has 0 amide bonds. The lowest BCUT2D eigenvalue weighted by Crippen LogP contribution is -2.25. The second-order valence-corrected chi connectivity index (χ2v) is 6.02. The average Bonchev–Trinajstić information content (AvgIpc) is 3.04. The summed E-state index contributed by atoms with van der Waals surface area (Å²) in [5.41, 5.74) is 1.20. The van der Waals surface area contributed by atoms with Crippen molar-refractivity contribution in [2.75, 3.05) is 19.0 Å². The summed E-state index contributed by atoms with van der Waals surface area (Å²) in [4.78, 5) is 27.0. The van der Waals surface area contributed by atoms with E-state index in [0.717, 1.165) is 5.82 Å². The van der Waals surface area contributed by atoms with Crippen LogP contribution in [0.15, 0.2) is 48.0 Å². The van der Waals surface area contributed by atoms with Crippen LogP contribution in [0, 0.1) is 0 Å². The molecule has 8 heteroatoms. The van der Waals surface area contributed by atoms with Crippen molar-refractivity contribution in [1.82, 2.24) is 24.1 Å². The second-order valence-electron chi connectivity index (χ2n) is 5.59. The molecule has 0 aliphatic carbocycles. The number of hydrogen-bond donors (Lipinski definition) is 0. The summed E-state index contributed by atoms with van der Waals surface area (Å²) in [7, 11) is 3.81. The maximum absolute atomic E-state index is 12.1. The summed E-state index contributed by atoms with van der Waals surface area (Å²) in [6.45, 7) is 1.91. The molecule has 0 aliphatic heterocycles. The Balaban J connectivity index is 1.93. The van der Waals surface area contributed by atoms with Crippen LogP contribution in [-0.2, 0) is 0 Å². The Labute approximate surface area is 144 Å². The van der Waals surface area contributed by atoms with Crippen LogP contribution in [-0.4, -0.2) is 38.2 Å². The highest BCUT2D eigenvalue weighted by Crippen LogP contribution is 2.19. The highest BCUT2D eigenvalue weighted by Gasteiger charge is 2.12. The van der Waals surface area contributed by atoms with Crippen LogP contribution in [0.3, 0.4) is 0 Å². The lowest BCUT2D eigenvalue weighted by molar-refractivity contribution is 0.456. The van der Waals surface area contributed by atoms with E-state index >= 15 is 0 Å². The average molecular weight is 345 g/mol. The van der Waals surface area contributed by atoms with Gasteiger partial charge in [0.1, 0.15) is 23.4 Å². The summed E-state index contributed by atoms with van der Waals surface area (Å²) < 4.78 is 3.42. The van der Waals surface area contributed by atoms with E-state index in [2.05, 4.69) is 15.0 Å². The summed E-state index contributed by atoms with van der Waals surface area (Å²) >= 11 is 5.84. The van der Waals surface area contributed by atoms with E-state index in [9.17, 15) is 4.79 Å². The van der Waals surface area contributed by atoms with Gasteiger partial charge in [0.15, 0.2) is 0 Å². The van der Waals surface area contributed by atoms with Crippen LogP contribution in [0.1, 0.15) is 13.1 Å². The Morgan fingerprint density at radius 1 is 1.25 bits per heavy atom. The Morgan fingerprint density at radius 2 is 2.04 bits per heavy atom. The van der Waals surface area contributed by atoms with Crippen LogP contribution < -0.4 is 10.5 Å². The molecule has 24 heavy (non-hydrogen) atoms. The molecule has 0 fully saturated rings.